The first-order chi connectivity index (χ1) is 14.2. The van der Waals surface area contributed by atoms with Crippen molar-refractivity contribution in [3.05, 3.63) is 69.8 Å². The van der Waals surface area contributed by atoms with Gasteiger partial charge in [-0.25, -0.2) is 0 Å². The third-order valence-electron chi connectivity index (χ3n) is 7.66. The topological polar surface area (TPSA) is 0 Å². The quantitative estimate of drug-likeness (QED) is 0.421. The summed E-state index contributed by atoms with van der Waals surface area (Å²) in [5.74, 6) is 0. The summed E-state index contributed by atoms with van der Waals surface area (Å²) >= 11 is 0. The SMILES string of the molecule is CC1=Cc2c(cccc2[Si](C)(C)C)C1[Si](C)(C)C1C(C)=Cc2c1cccc2[Si](C)(C)C. The van der Waals surface area contributed by atoms with Crippen LogP contribution in [0.25, 0.3) is 12.2 Å². The van der Waals surface area contributed by atoms with Crippen LogP contribution in [-0.2, 0) is 0 Å². The van der Waals surface area contributed by atoms with Gasteiger partial charge in [-0.3, -0.25) is 0 Å². The van der Waals surface area contributed by atoms with E-state index in [0.29, 0.717) is 11.1 Å². The number of hydrogen-bond donors (Lipinski definition) is 0. The molecule has 0 bridgehead atoms. The van der Waals surface area contributed by atoms with Crippen LogP contribution in [-0.4, -0.2) is 24.2 Å². The number of rotatable bonds is 4. The van der Waals surface area contributed by atoms with Gasteiger partial charge in [0.2, 0.25) is 0 Å². The molecule has 0 spiro atoms. The van der Waals surface area contributed by atoms with Crippen molar-refractivity contribution in [2.24, 2.45) is 0 Å². The largest absolute Gasteiger partial charge is 0.0783 e. The van der Waals surface area contributed by atoms with E-state index in [0.717, 1.165) is 0 Å². The van der Waals surface area contributed by atoms with Crippen LogP contribution in [0.15, 0.2) is 47.5 Å². The van der Waals surface area contributed by atoms with Gasteiger partial charge in [-0.2, -0.15) is 0 Å². The summed E-state index contributed by atoms with van der Waals surface area (Å²) in [6, 6.07) is 14.4. The lowest BCUT2D eigenvalue weighted by Gasteiger charge is -2.39. The molecule has 0 heterocycles. The van der Waals surface area contributed by atoms with Gasteiger partial charge in [0.15, 0.2) is 0 Å². The molecule has 2 aromatic rings. The van der Waals surface area contributed by atoms with Gasteiger partial charge in [-0.05, 0) is 36.1 Å². The zero-order valence-corrected chi connectivity index (χ0v) is 24.3. The van der Waals surface area contributed by atoms with Crippen LogP contribution in [0.1, 0.15) is 47.2 Å². The van der Waals surface area contributed by atoms with Crippen molar-refractivity contribution in [2.45, 2.75) is 77.3 Å². The molecule has 2 aromatic carbocycles. The second-order valence-corrected chi connectivity index (χ2v) is 27.5. The molecule has 2 atom stereocenters. The van der Waals surface area contributed by atoms with Crippen molar-refractivity contribution >= 4 is 46.7 Å². The Labute approximate surface area is 193 Å². The number of hydrogen-bond acceptors (Lipinski definition) is 0. The molecule has 0 saturated heterocycles. The monoisotopic (exact) mass is 460 g/mol. The third kappa shape index (κ3) is 3.63. The number of benzene rings is 2. The van der Waals surface area contributed by atoms with Crippen molar-refractivity contribution in [1.29, 1.82) is 0 Å². The molecule has 4 rings (SSSR count). The Kier molecular flexibility index (Phi) is 5.35. The fourth-order valence-corrected chi connectivity index (χ4v) is 14.7. The Morgan fingerprint density at radius 1 is 0.548 bits per heavy atom. The molecule has 31 heavy (non-hydrogen) atoms. The summed E-state index contributed by atoms with van der Waals surface area (Å²) in [6.45, 7) is 25.0. The van der Waals surface area contributed by atoms with E-state index in [-0.39, 0.29) is 0 Å². The second-order valence-electron chi connectivity index (χ2n) is 12.6. The van der Waals surface area contributed by atoms with E-state index in [1.54, 1.807) is 43.8 Å². The van der Waals surface area contributed by atoms with Crippen molar-refractivity contribution in [2.75, 3.05) is 0 Å². The Morgan fingerprint density at radius 3 is 1.23 bits per heavy atom. The van der Waals surface area contributed by atoms with Gasteiger partial charge in [0.25, 0.3) is 0 Å². The molecule has 0 fully saturated rings. The highest BCUT2D eigenvalue weighted by Crippen LogP contribution is 2.51. The molecule has 2 aliphatic rings. The van der Waals surface area contributed by atoms with E-state index in [2.05, 4.69) is 115 Å². The molecular weight excluding hydrogens is 421 g/mol. The minimum absolute atomic E-state index is 0.605. The van der Waals surface area contributed by atoms with Crippen molar-refractivity contribution in [3.8, 4) is 0 Å². The molecule has 0 amide bonds. The minimum Gasteiger partial charge on any atom is -0.0679 e. The Morgan fingerprint density at radius 2 is 0.903 bits per heavy atom. The fraction of sp³-hybridized carbons (Fsp3) is 0.429. The van der Waals surface area contributed by atoms with Crippen LogP contribution >= 0.6 is 0 Å². The highest BCUT2D eigenvalue weighted by Gasteiger charge is 2.47. The molecule has 164 valence electrons. The van der Waals surface area contributed by atoms with E-state index in [1.807, 2.05) is 0 Å². The van der Waals surface area contributed by atoms with Crippen LogP contribution in [0.4, 0.5) is 0 Å². The van der Waals surface area contributed by atoms with Gasteiger partial charge in [0.1, 0.15) is 0 Å². The molecule has 0 aromatic heterocycles. The third-order valence-corrected chi connectivity index (χ3v) is 16.3. The maximum absolute atomic E-state index is 2.66. The lowest BCUT2D eigenvalue weighted by atomic mass is 10.1. The van der Waals surface area contributed by atoms with Gasteiger partial charge in [0, 0.05) is 11.1 Å². The van der Waals surface area contributed by atoms with E-state index >= 15 is 0 Å². The van der Waals surface area contributed by atoms with Crippen molar-refractivity contribution in [3.63, 3.8) is 0 Å². The van der Waals surface area contributed by atoms with Gasteiger partial charge < -0.3 is 0 Å². The first kappa shape index (κ1) is 22.8. The molecule has 0 N–H and O–H groups in total. The number of fused-ring (bicyclic) bond motifs is 2. The highest BCUT2D eigenvalue weighted by atomic mass is 28.3. The highest BCUT2D eigenvalue weighted by molar-refractivity contribution is 6.90. The first-order valence-electron chi connectivity index (χ1n) is 11.9. The normalized spacial score (nSPS) is 21.0. The molecule has 0 saturated carbocycles. The van der Waals surface area contributed by atoms with Crippen LogP contribution in [0.5, 0.6) is 0 Å². The average Bonchev–Trinajstić information content (AvgIpc) is 3.14. The molecule has 2 unspecified atom stereocenters. The van der Waals surface area contributed by atoms with E-state index in [9.17, 15) is 0 Å². The maximum atomic E-state index is 2.66. The summed E-state index contributed by atoms with van der Waals surface area (Å²) in [7, 11) is -4.49. The maximum Gasteiger partial charge on any atom is 0.0783 e. The van der Waals surface area contributed by atoms with Gasteiger partial charge in [0.05, 0.1) is 24.2 Å². The summed E-state index contributed by atoms with van der Waals surface area (Å²) in [6.07, 6.45) is 5.10. The van der Waals surface area contributed by atoms with Crippen LogP contribution in [0.2, 0.25) is 52.4 Å². The zero-order chi connectivity index (χ0) is 22.9. The molecule has 0 aliphatic heterocycles. The summed E-state index contributed by atoms with van der Waals surface area (Å²) in [5, 5.41) is 3.27. The predicted molar refractivity (Wildman–Crippen MR) is 149 cm³/mol. The lowest BCUT2D eigenvalue weighted by molar-refractivity contribution is 0.969. The van der Waals surface area contributed by atoms with Crippen molar-refractivity contribution < 1.29 is 0 Å². The van der Waals surface area contributed by atoms with Gasteiger partial charge >= 0.3 is 0 Å². The molecule has 3 heteroatoms. The molecule has 0 radical (unpaired) electrons. The standard InChI is InChI=1S/C28H40Si3/c1-19-17-23-21(13-11-15-25(23)29(3,4)5)27(19)31(9,10)28-20(2)18-24-22(28)14-12-16-26(24)30(6,7)8/h11-18,27-28H,1-10H3. The average molecular weight is 461 g/mol. The van der Waals surface area contributed by atoms with Crippen LogP contribution < -0.4 is 10.4 Å². The zero-order valence-electron chi connectivity index (χ0n) is 21.3. The lowest BCUT2D eigenvalue weighted by Crippen LogP contribution is -2.44. The van der Waals surface area contributed by atoms with Crippen LogP contribution in [0, 0.1) is 0 Å². The Hall–Kier alpha value is -1.43. The Bertz CT molecular complexity index is 1020. The number of allylic oxidation sites excluding steroid dienone is 2. The van der Waals surface area contributed by atoms with E-state index < -0.39 is 24.2 Å². The minimum atomic E-state index is -1.74. The summed E-state index contributed by atoms with van der Waals surface area (Å²) in [4.78, 5) is 0. The van der Waals surface area contributed by atoms with Crippen molar-refractivity contribution in [1.82, 2.24) is 0 Å². The molecule has 2 aliphatic carbocycles. The van der Waals surface area contributed by atoms with E-state index in [1.165, 1.54) is 0 Å². The summed E-state index contributed by atoms with van der Waals surface area (Å²) < 4.78 is 0. The fourth-order valence-electron chi connectivity index (χ4n) is 6.55. The predicted octanol–water partition coefficient (Wildman–Crippen LogP) is 7.27. The second kappa shape index (κ2) is 7.29. The van der Waals surface area contributed by atoms with Gasteiger partial charge in [-0.15, -0.1) is 0 Å². The van der Waals surface area contributed by atoms with Gasteiger partial charge in [-0.1, -0.05) is 122 Å². The summed E-state index contributed by atoms with van der Waals surface area (Å²) in [5.41, 5.74) is 10.8. The van der Waals surface area contributed by atoms with Crippen LogP contribution in [0.3, 0.4) is 0 Å². The Balaban J connectivity index is 1.85. The molecular formula is C28H40Si3. The smallest absolute Gasteiger partial charge is 0.0679 e. The van der Waals surface area contributed by atoms with E-state index in [4.69, 9.17) is 0 Å². The first-order valence-corrected chi connectivity index (χ1v) is 22.0. The molecule has 0 nitrogen and oxygen atoms in total.